The molecule has 0 amide bonds. The lowest BCUT2D eigenvalue weighted by Gasteiger charge is -2.10. The zero-order chi connectivity index (χ0) is 23.4. The summed E-state index contributed by atoms with van der Waals surface area (Å²) in [7, 11) is 0. The van der Waals surface area contributed by atoms with Gasteiger partial charge in [-0.05, 0) is 59.5 Å². The van der Waals surface area contributed by atoms with Gasteiger partial charge in [-0.2, -0.15) is 0 Å². The normalized spacial score (nSPS) is 11.7. The van der Waals surface area contributed by atoms with Gasteiger partial charge in [0.1, 0.15) is 11.6 Å². The maximum Gasteiger partial charge on any atom is 0.573 e. The molecule has 1 aromatic heterocycles. The Morgan fingerprint density at radius 3 is 2.21 bits per heavy atom. The van der Waals surface area contributed by atoms with Gasteiger partial charge >= 0.3 is 6.36 Å². The van der Waals surface area contributed by atoms with Crippen LogP contribution in [-0.4, -0.2) is 16.3 Å². The zero-order valence-corrected chi connectivity index (χ0v) is 18.0. The molecule has 3 aromatic carbocycles. The van der Waals surface area contributed by atoms with E-state index in [9.17, 15) is 13.2 Å². The van der Waals surface area contributed by atoms with Gasteiger partial charge in [0, 0.05) is 23.3 Å². The number of benzene rings is 3. The standard InChI is InChI=1S/C26H22F4N2O/c1-2-3-18-15-31-25(32-16-18)21-10-13-23-20(14-21)9-8-19(24(23)27)7-4-17-5-11-22(12-6-17)33-26(28,29)30/h5-6,8-16H,2-4,7H2,1H3. The number of alkyl halides is 3. The van der Waals surface area contributed by atoms with Crippen LogP contribution in [-0.2, 0) is 19.3 Å². The second-order valence-corrected chi connectivity index (χ2v) is 7.83. The first-order valence-electron chi connectivity index (χ1n) is 10.7. The van der Waals surface area contributed by atoms with Gasteiger partial charge in [0.25, 0.3) is 0 Å². The molecule has 0 saturated heterocycles. The van der Waals surface area contributed by atoms with Gasteiger partial charge in [-0.15, -0.1) is 13.2 Å². The summed E-state index contributed by atoms with van der Waals surface area (Å²) >= 11 is 0. The molecule has 33 heavy (non-hydrogen) atoms. The lowest BCUT2D eigenvalue weighted by molar-refractivity contribution is -0.274. The highest BCUT2D eigenvalue weighted by Gasteiger charge is 2.30. The van der Waals surface area contributed by atoms with Gasteiger partial charge in [-0.3, -0.25) is 0 Å². The van der Waals surface area contributed by atoms with Crippen LogP contribution in [0.15, 0.2) is 67.0 Å². The minimum atomic E-state index is -4.72. The summed E-state index contributed by atoms with van der Waals surface area (Å²) < 4.78 is 55.8. The first-order chi connectivity index (χ1) is 15.8. The van der Waals surface area contributed by atoms with E-state index >= 15 is 4.39 Å². The number of aryl methyl sites for hydroxylation is 3. The SMILES string of the molecule is CCCc1cnc(-c2ccc3c(F)c(CCc4ccc(OC(F)(F)F)cc4)ccc3c2)nc1. The molecule has 0 aliphatic heterocycles. The number of hydrogen-bond donors (Lipinski definition) is 0. The van der Waals surface area contributed by atoms with Crippen molar-refractivity contribution < 1.29 is 22.3 Å². The number of ether oxygens (including phenoxy) is 1. The van der Waals surface area contributed by atoms with Crippen molar-refractivity contribution in [2.24, 2.45) is 0 Å². The molecular weight excluding hydrogens is 432 g/mol. The number of aromatic nitrogens is 2. The van der Waals surface area contributed by atoms with E-state index in [4.69, 9.17) is 0 Å². The van der Waals surface area contributed by atoms with Crippen molar-refractivity contribution in [3.63, 3.8) is 0 Å². The van der Waals surface area contributed by atoms with E-state index in [2.05, 4.69) is 21.6 Å². The molecule has 0 saturated carbocycles. The molecular formula is C26H22F4N2O. The highest BCUT2D eigenvalue weighted by Crippen LogP contribution is 2.27. The van der Waals surface area contributed by atoms with Crippen molar-refractivity contribution in [3.8, 4) is 17.1 Å². The molecule has 0 aliphatic rings. The van der Waals surface area contributed by atoms with Crippen molar-refractivity contribution in [3.05, 3.63) is 89.5 Å². The summed E-state index contributed by atoms with van der Waals surface area (Å²) in [5.41, 5.74) is 3.24. The van der Waals surface area contributed by atoms with E-state index in [1.165, 1.54) is 12.1 Å². The van der Waals surface area contributed by atoms with Crippen molar-refractivity contribution in [2.45, 2.75) is 39.0 Å². The van der Waals surface area contributed by atoms with Crippen LogP contribution in [0.25, 0.3) is 22.2 Å². The monoisotopic (exact) mass is 454 g/mol. The molecule has 0 bridgehead atoms. The Morgan fingerprint density at radius 1 is 0.818 bits per heavy atom. The summed E-state index contributed by atoms with van der Waals surface area (Å²) in [5, 5.41) is 1.26. The Kier molecular flexibility index (Phi) is 6.58. The van der Waals surface area contributed by atoms with Crippen LogP contribution in [0, 0.1) is 5.82 Å². The van der Waals surface area contributed by atoms with Crippen LogP contribution < -0.4 is 4.74 Å². The number of halogens is 4. The first-order valence-corrected chi connectivity index (χ1v) is 10.7. The van der Waals surface area contributed by atoms with Crippen molar-refractivity contribution in [2.75, 3.05) is 0 Å². The third-order valence-corrected chi connectivity index (χ3v) is 5.38. The zero-order valence-electron chi connectivity index (χ0n) is 18.0. The number of rotatable bonds is 7. The summed E-state index contributed by atoms with van der Waals surface area (Å²) in [6.07, 6.45) is 1.79. The largest absolute Gasteiger partial charge is 0.573 e. The lowest BCUT2D eigenvalue weighted by Crippen LogP contribution is -2.17. The second kappa shape index (κ2) is 9.57. The van der Waals surface area contributed by atoms with E-state index in [1.54, 1.807) is 24.3 Å². The van der Waals surface area contributed by atoms with Gasteiger partial charge < -0.3 is 4.74 Å². The molecule has 4 aromatic rings. The quantitative estimate of drug-likeness (QED) is 0.280. The molecule has 1 heterocycles. The minimum Gasteiger partial charge on any atom is -0.406 e. The Balaban J connectivity index is 1.48. The molecule has 0 radical (unpaired) electrons. The van der Waals surface area contributed by atoms with Crippen molar-refractivity contribution in [1.82, 2.24) is 9.97 Å². The molecule has 4 rings (SSSR count). The Bertz CT molecular complexity index is 1240. The minimum absolute atomic E-state index is 0.275. The second-order valence-electron chi connectivity index (χ2n) is 7.83. The highest BCUT2D eigenvalue weighted by atomic mass is 19.4. The highest BCUT2D eigenvalue weighted by molar-refractivity contribution is 5.87. The van der Waals surface area contributed by atoms with Gasteiger partial charge in [0.2, 0.25) is 0 Å². The molecule has 0 aliphatic carbocycles. The Labute approximate surface area is 189 Å². The Hall–Kier alpha value is -3.48. The van der Waals surface area contributed by atoms with E-state index in [0.29, 0.717) is 29.6 Å². The maximum absolute atomic E-state index is 15.1. The van der Waals surface area contributed by atoms with Crippen LogP contribution in [0.1, 0.15) is 30.0 Å². The molecule has 0 atom stereocenters. The fraction of sp³-hybridized carbons (Fsp3) is 0.231. The van der Waals surface area contributed by atoms with Gasteiger partial charge in [-0.25, -0.2) is 14.4 Å². The topological polar surface area (TPSA) is 35.0 Å². The van der Waals surface area contributed by atoms with E-state index in [-0.39, 0.29) is 11.6 Å². The first kappa shape index (κ1) is 22.7. The molecule has 0 unspecified atom stereocenters. The fourth-order valence-corrected chi connectivity index (χ4v) is 3.73. The summed E-state index contributed by atoms with van der Waals surface area (Å²) in [4.78, 5) is 8.85. The smallest absolute Gasteiger partial charge is 0.406 e. The van der Waals surface area contributed by atoms with Crippen LogP contribution in [0.5, 0.6) is 5.75 Å². The summed E-state index contributed by atoms with van der Waals surface area (Å²) in [6.45, 7) is 2.10. The molecule has 0 spiro atoms. The van der Waals surface area contributed by atoms with Crippen LogP contribution in [0.3, 0.4) is 0 Å². The van der Waals surface area contributed by atoms with Crippen LogP contribution in [0.4, 0.5) is 17.6 Å². The number of hydrogen-bond acceptors (Lipinski definition) is 3. The predicted octanol–water partition coefficient (Wildman–Crippen LogP) is 7.07. The molecule has 3 nitrogen and oxygen atoms in total. The molecule has 0 N–H and O–H groups in total. The third kappa shape index (κ3) is 5.66. The molecule has 0 fully saturated rings. The summed E-state index contributed by atoms with van der Waals surface area (Å²) in [5.74, 6) is 0.0254. The maximum atomic E-state index is 15.1. The number of fused-ring (bicyclic) bond motifs is 1. The summed E-state index contributed by atoms with van der Waals surface area (Å²) in [6, 6.07) is 14.7. The van der Waals surface area contributed by atoms with E-state index < -0.39 is 6.36 Å². The third-order valence-electron chi connectivity index (χ3n) is 5.38. The lowest BCUT2D eigenvalue weighted by atomic mass is 9.99. The number of nitrogens with zero attached hydrogens (tertiary/aromatic N) is 2. The van der Waals surface area contributed by atoms with Crippen molar-refractivity contribution in [1.29, 1.82) is 0 Å². The van der Waals surface area contributed by atoms with Crippen LogP contribution in [0.2, 0.25) is 0 Å². The predicted molar refractivity (Wildman–Crippen MR) is 119 cm³/mol. The van der Waals surface area contributed by atoms with Gasteiger partial charge in [-0.1, -0.05) is 49.7 Å². The average Bonchev–Trinajstić information content (AvgIpc) is 2.79. The molecule has 7 heteroatoms. The average molecular weight is 454 g/mol. The van der Waals surface area contributed by atoms with Gasteiger partial charge in [0.05, 0.1) is 0 Å². The van der Waals surface area contributed by atoms with Gasteiger partial charge in [0.15, 0.2) is 5.82 Å². The molecule has 170 valence electrons. The van der Waals surface area contributed by atoms with Crippen LogP contribution >= 0.6 is 0 Å². The Morgan fingerprint density at radius 2 is 1.55 bits per heavy atom. The van der Waals surface area contributed by atoms with E-state index in [1.807, 2.05) is 30.6 Å². The fourth-order valence-electron chi connectivity index (χ4n) is 3.73. The van der Waals surface area contributed by atoms with E-state index in [0.717, 1.165) is 34.9 Å². The van der Waals surface area contributed by atoms with Crippen molar-refractivity contribution >= 4 is 10.8 Å².